The summed E-state index contributed by atoms with van der Waals surface area (Å²) in [6, 6.07) is 10.6. The summed E-state index contributed by atoms with van der Waals surface area (Å²) < 4.78 is 44.3. The maximum absolute atomic E-state index is 11.1. The number of aldehydes is 5. The van der Waals surface area contributed by atoms with Crippen molar-refractivity contribution in [3.8, 4) is 57.5 Å². The molecule has 0 radical (unpaired) electrons. The molecule has 19 nitrogen and oxygen atoms in total. The van der Waals surface area contributed by atoms with Crippen LogP contribution in [0.4, 0.5) is 0 Å². The van der Waals surface area contributed by atoms with Crippen molar-refractivity contribution in [2.75, 3.05) is 12.5 Å². The molecule has 23 heteroatoms. The van der Waals surface area contributed by atoms with Gasteiger partial charge in [0, 0.05) is 40.3 Å². The van der Waals surface area contributed by atoms with Gasteiger partial charge in [-0.2, -0.15) is 0 Å². The van der Waals surface area contributed by atoms with E-state index < -0.39 is 64.0 Å². The monoisotopic (exact) mass is 958 g/mol. The number of aromatic hydroxyl groups is 10. The van der Waals surface area contributed by atoms with Crippen LogP contribution < -0.4 is 0 Å². The number of phenols is 10. The Morgan fingerprint density at radius 1 is 0.413 bits per heavy atom. The second-order valence-electron chi connectivity index (χ2n) is 12.3. The predicted molar refractivity (Wildman–Crippen MR) is 228 cm³/mol. The molecule has 10 N–H and O–H groups in total. The normalized spacial score (nSPS) is 10.2. The van der Waals surface area contributed by atoms with Gasteiger partial charge in [0.2, 0.25) is 0 Å². The number of hydrogen-bond donors (Lipinski definition) is 10. The summed E-state index contributed by atoms with van der Waals surface area (Å²) in [6.07, 6.45) is 4.18. The van der Waals surface area contributed by atoms with Crippen LogP contribution in [0, 0.1) is 13.8 Å². The maximum Gasteiger partial charge on any atom is 0.179 e. The van der Waals surface area contributed by atoms with E-state index in [0.29, 0.717) is 53.7 Å². The van der Waals surface area contributed by atoms with Crippen LogP contribution in [0.25, 0.3) is 0 Å². The lowest BCUT2D eigenvalue weighted by molar-refractivity contribution is 0.111. The smallest absolute Gasteiger partial charge is 0.179 e. The Kier molecular flexibility index (Phi) is 21.1. The minimum Gasteiger partial charge on any atom is -0.504 e. The molecule has 0 aliphatic rings. The third kappa shape index (κ3) is 15.7. The topological polar surface area (TPSA) is 356 Å². The van der Waals surface area contributed by atoms with Gasteiger partial charge in [-0.3, -0.25) is 24.0 Å². The van der Waals surface area contributed by atoms with Gasteiger partial charge in [-0.25, -0.2) is 16.8 Å². The van der Waals surface area contributed by atoms with Gasteiger partial charge >= 0.3 is 0 Å². The van der Waals surface area contributed by atoms with E-state index in [1.807, 2.05) is 0 Å². The van der Waals surface area contributed by atoms with Crippen molar-refractivity contribution in [2.24, 2.45) is 0 Å². The zero-order valence-corrected chi connectivity index (χ0v) is 35.4. The Morgan fingerprint density at radius 3 is 0.952 bits per heavy atom. The highest BCUT2D eigenvalue weighted by Gasteiger charge is 2.19. The Balaban J connectivity index is 0.000000762. The first-order valence-corrected chi connectivity index (χ1v) is 20.9. The first-order chi connectivity index (χ1) is 28.6. The number of benzene rings is 5. The van der Waals surface area contributed by atoms with E-state index in [-0.39, 0.29) is 57.2 Å². The molecule has 0 aromatic heterocycles. The second kappa shape index (κ2) is 23.8. The summed E-state index contributed by atoms with van der Waals surface area (Å²) in [5.41, 5.74) is 1.72. The lowest BCUT2D eigenvalue weighted by Gasteiger charge is -2.04. The SMILES string of the molecule is C.CS(=O)(=O)c1cc(C=O)cc(O)c1O.CS(=O)(=O)c1cc(C=O)cc(O)c1O.Cc1cc(C=O)cc(O)c1O.Cc1cc(C=O)cc(O)c1O.O=Cc1cc(Cl)c(O)c(O)c1Cl. The van der Waals surface area contributed by atoms with E-state index in [1.54, 1.807) is 13.8 Å². The third-order valence-corrected chi connectivity index (χ3v) is 10.3. The zero-order valence-electron chi connectivity index (χ0n) is 32.3. The fourth-order valence-electron chi connectivity index (χ4n) is 4.35. The number of aryl methyl sites for hydroxylation is 2. The highest BCUT2D eigenvalue weighted by molar-refractivity contribution is 7.91. The summed E-state index contributed by atoms with van der Waals surface area (Å²) in [5, 5.41) is 90.5. The lowest BCUT2D eigenvalue weighted by atomic mass is 10.1. The number of carbonyl (C=O) groups is 5. The number of hydrogen-bond acceptors (Lipinski definition) is 19. The Morgan fingerprint density at radius 2 is 0.698 bits per heavy atom. The summed E-state index contributed by atoms with van der Waals surface area (Å²) >= 11 is 10.9. The molecule has 0 saturated heterocycles. The molecule has 5 aromatic carbocycles. The number of sulfone groups is 2. The molecule has 0 saturated carbocycles. The average Bonchev–Trinajstić information content (AvgIpc) is 3.21. The van der Waals surface area contributed by atoms with Gasteiger partial charge in [0.05, 0.1) is 10.0 Å². The molecular formula is C40H40Cl2O19S2. The van der Waals surface area contributed by atoms with Gasteiger partial charge in [0.1, 0.15) is 34.9 Å². The number of rotatable bonds is 7. The minimum atomic E-state index is -3.66. The molecule has 63 heavy (non-hydrogen) atoms. The molecule has 0 fully saturated rings. The van der Waals surface area contributed by atoms with E-state index >= 15 is 0 Å². The summed E-state index contributed by atoms with van der Waals surface area (Å²) in [7, 11) is -7.31. The van der Waals surface area contributed by atoms with Crippen LogP contribution >= 0.6 is 23.2 Å². The van der Waals surface area contributed by atoms with Crippen LogP contribution in [0.2, 0.25) is 10.0 Å². The van der Waals surface area contributed by atoms with Crippen LogP contribution in [-0.4, -0.2) is 112 Å². The first-order valence-electron chi connectivity index (χ1n) is 16.3. The highest BCUT2D eigenvalue weighted by atomic mass is 35.5. The van der Waals surface area contributed by atoms with E-state index in [1.165, 1.54) is 30.3 Å². The molecule has 0 heterocycles. The zero-order chi connectivity index (χ0) is 48.0. The van der Waals surface area contributed by atoms with Crippen LogP contribution in [0.1, 0.15) is 70.3 Å². The molecule has 0 bridgehead atoms. The van der Waals surface area contributed by atoms with Crippen LogP contribution in [-0.2, 0) is 19.7 Å². The molecule has 0 aliphatic heterocycles. The molecule has 0 aliphatic carbocycles. The quantitative estimate of drug-likeness (QED) is 0.0668. The van der Waals surface area contributed by atoms with Crippen molar-refractivity contribution >= 4 is 74.3 Å². The van der Waals surface area contributed by atoms with Gasteiger partial charge in [-0.15, -0.1) is 0 Å². The van der Waals surface area contributed by atoms with Gasteiger partial charge in [0.25, 0.3) is 0 Å². The molecule has 5 aromatic rings. The van der Waals surface area contributed by atoms with Crippen molar-refractivity contribution in [2.45, 2.75) is 31.1 Å². The maximum atomic E-state index is 11.1. The lowest BCUT2D eigenvalue weighted by Crippen LogP contribution is -1.99. The molecule has 5 rings (SSSR count). The van der Waals surface area contributed by atoms with Crippen LogP contribution in [0.5, 0.6) is 57.5 Å². The Labute approximate surface area is 369 Å². The van der Waals surface area contributed by atoms with E-state index in [9.17, 15) is 51.0 Å². The number of halogens is 2. The standard InChI is InChI=1S/2C8H8O5S.2C8H8O3.C7H4Cl2O3.CH4/c2*1-14(12,13)7-3-5(4-9)2-6(10)8(7)11;2*1-5-2-6(4-9)3-7(10)8(5)11;8-4-1-3(2-10)5(9)7(12)6(4)11;/h2*2-4,10-11H,1H3;2*2-4,10-11H,1H3;1-2,11-12H;1H4. The van der Waals surface area contributed by atoms with Crippen molar-refractivity contribution in [3.63, 3.8) is 0 Å². The van der Waals surface area contributed by atoms with E-state index in [2.05, 4.69) is 0 Å². The van der Waals surface area contributed by atoms with E-state index in [0.717, 1.165) is 36.8 Å². The molecule has 0 unspecified atom stereocenters. The van der Waals surface area contributed by atoms with Gasteiger partial charge in [0.15, 0.2) is 83.5 Å². The Bertz CT molecular complexity index is 2540. The third-order valence-electron chi connectivity index (χ3n) is 7.42. The van der Waals surface area contributed by atoms with Crippen molar-refractivity contribution < 1.29 is 91.9 Å². The van der Waals surface area contributed by atoms with Crippen molar-refractivity contribution in [1.29, 1.82) is 0 Å². The molecule has 340 valence electrons. The van der Waals surface area contributed by atoms with Gasteiger partial charge in [-0.1, -0.05) is 30.6 Å². The molecular weight excluding hydrogens is 919 g/mol. The van der Waals surface area contributed by atoms with Gasteiger partial charge in [-0.05, 0) is 79.6 Å². The van der Waals surface area contributed by atoms with Crippen LogP contribution in [0.15, 0.2) is 64.4 Å². The van der Waals surface area contributed by atoms with Gasteiger partial charge < -0.3 is 51.1 Å². The van der Waals surface area contributed by atoms with Crippen molar-refractivity contribution in [1.82, 2.24) is 0 Å². The molecule has 0 atom stereocenters. The van der Waals surface area contributed by atoms with E-state index in [4.69, 9.17) is 64.1 Å². The minimum absolute atomic E-state index is 0. The number of phenolic OH excluding ortho intramolecular Hbond substituents is 10. The second-order valence-corrected chi connectivity index (χ2v) is 17.0. The summed E-state index contributed by atoms with van der Waals surface area (Å²) in [4.78, 5) is 50.6. The van der Waals surface area contributed by atoms with Crippen LogP contribution in [0.3, 0.4) is 0 Å². The molecule has 0 spiro atoms. The fraction of sp³-hybridized carbons (Fsp3) is 0.125. The van der Waals surface area contributed by atoms with Crippen molar-refractivity contribution in [3.05, 3.63) is 104 Å². The first kappa shape index (κ1) is 55.9. The predicted octanol–water partition coefficient (Wildman–Crippen LogP) is 5.92. The summed E-state index contributed by atoms with van der Waals surface area (Å²) in [5.74, 6) is -4.69. The largest absolute Gasteiger partial charge is 0.504 e. The fourth-order valence-corrected chi connectivity index (χ4v) is 6.36. The number of carbonyl (C=O) groups excluding carboxylic acids is 5. The molecule has 0 amide bonds. The Hall–Kier alpha value is -7.07. The average molecular weight is 960 g/mol. The highest BCUT2D eigenvalue weighted by Crippen LogP contribution is 2.40. The summed E-state index contributed by atoms with van der Waals surface area (Å²) in [6.45, 7) is 3.23.